The summed E-state index contributed by atoms with van der Waals surface area (Å²) in [6.45, 7) is 0.617. The molecular formula is C13H15N3O2. The van der Waals surface area contributed by atoms with Gasteiger partial charge >= 0.3 is 11.1 Å². The molecule has 1 aromatic carbocycles. The van der Waals surface area contributed by atoms with E-state index in [4.69, 9.17) is 5.73 Å². The van der Waals surface area contributed by atoms with Crippen LogP contribution in [-0.4, -0.2) is 16.5 Å². The molecule has 0 spiro atoms. The monoisotopic (exact) mass is 245 g/mol. The maximum Gasteiger partial charge on any atom is 0.314 e. The lowest BCUT2D eigenvalue weighted by Gasteiger charge is -2.41. The van der Waals surface area contributed by atoms with E-state index in [9.17, 15) is 9.59 Å². The lowest BCUT2D eigenvalue weighted by molar-refractivity contribution is 0.253. The van der Waals surface area contributed by atoms with Crippen molar-refractivity contribution in [2.45, 2.75) is 24.7 Å². The molecular weight excluding hydrogens is 230 g/mol. The average molecular weight is 245 g/mol. The molecule has 0 unspecified atom stereocenters. The van der Waals surface area contributed by atoms with Crippen LogP contribution in [-0.2, 0) is 5.41 Å². The fraction of sp³-hybridized carbons (Fsp3) is 0.385. The number of hydrogen-bond donors (Lipinski definition) is 3. The first kappa shape index (κ1) is 11.2. The Balaban J connectivity index is 2.19. The van der Waals surface area contributed by atoms with E-state index < -0.39 is 11.1 Å². The highest BCUT2D eigenvalue weighted by molar-refractivity contribution is 5.74. The van der Waals surface area contributed by atoms with Crippen LogP contribution in [0.5, 0.6) is 0 Å². The summed E-state index contributed by atoms with van der Waals surface area (Å²) in [5.74, 6) is 0. The summed E-state index contributed by atoms with van der Waals surface area (Å²) in [4.78, 5) is 27.7. The molecule has 1 aliphatic carbocycles. The van der Waals surface area contributed by atoms with E-state index in [1.54, 1.807) is 0 Å². The second-order valence-electron chi connectivity index (χ2n) is 5.01. The molecule has 0 bridgehead atoms. The number of aromatic amines is 2. The van der Waals surface area contributed by atoms with Crippen molar-refractivity contribution >= 4 is 11.0 Å². The first-order chi connectivity index (χ1) is 8.64. The smallest absolute Gasteiger partial charge is 0.314 e. The summed E-state index contributed by atoms with van der Waals surface area (Å²) < 4.78 is 0. The standard InChI is InChI=1S/C13H15N3O2/c14-7-13(4-1-5-13)8-2-3-9-10(6-8)16-12(18)11(17)15-9/h2-3,6H,1,4-5,7,14H2,(H,15,17)(H,16,18). The van der Waals surface area contributed by atoms with E-state index in [-0.39, 0.29) is 5.41 Å². The topological polar surface area (TPSA) is 91.7 Å². The van der Waals surface area contributed by atoms with Gasteiger partial charge in [0.2, 0.25) is 0 Å². The highest BCUT2D eigenvalue weighted by Gasteiger charge is 2.37. The molecule has 1 heterocycles. The van der Waals surface area contributed by atoms with E-state index in [2.05, 4.69) is 9.97 Å². The molecule has 1 aliphatic rings. The molecule has 2 aromatic rings. The van der Waals surface area contributed by atoms with Gasteiger partial charge in [-0.3, -0.25) is 9.59 Å². The SMILES string of the molecule is NCC1(c2ccc3[nH]c(=O)c(=O)[nH]c3c2)CCC1. The van der Waals surface area contributed by atoms with Crippen LogP contribution in [0, 0.1) is 0 Å². The zero-order valence-electron chi connectivity index (χ0n) is 9.95. The van der Waals surface area contributed by atoms with Crippen LogP contribution in [0.4, 0.5) is 0 Å². The number of aromatic nitrogens is 2. The van der Waals surface area contributed by atoms with Gasteiger partial charge in [-0.1, -0.05) is 12.5 Å². The number of H-pyrrole nitrogens is 2. The molecule has 1 fully saturated rings. The lowest BCUT2D eigenvalue weighted by atomic mass is 9.64. The Morgan fingerprint density at radius 2 is 1.78 bits per heavy atom. The van der Waals surface area contributed by atoms with Gasteiger partial charge in [-0.15, -0.1) is 0 Å². The lowest BCUT2D eigenvalue weighted by Crippen LogP contribution is -2.41. The maximum absolute atomic E-state index is 11.3. The summed E-state index contributed by atoms with van der Waals surface area (Å²) in [5, 5.41) is 0. The Kier molecular flexibility index (Phi) is 2.38. The van der Waals surface area contributed by atoms with Crippen molar-refractivity contribution in [3.05, 3.63) is 44.5 Å². The van der Waals surface area contributed by atoms with Gasteiger partial charge in [-0.25, -0.2) is 0 Å². The molecule has 4 N–H and O–H groups in total. The van der Waals surface area contributed by atoms with Gasteiger partial charge in [0.1, 0.15) is 0 Å². The molecule has 18 heavy (non-hydrogen) atoms. The summed E-state index contributed by atoms with van der Waals surface area (Å²) >= 11 is 0. The first-order valence-corrected chi connectivity index (χ1v) is 6.12. The number of fused-ring (bicyclic) bond motifs is 1. The first-order valence-electron chi connectivity index (χ1n) is 6.12. The number of hydrogen-bond acceptors (Lipinski definition) is 3. The van der Waals surface area contributed by atoms with Crippen molar-refractivity contribution < 1.29 is 0 Å². The zero-order chi connectivity index (χ0) is 12.8. The summed E-state index contributed by atoms with van der Waals surface area (Å²) in [5.41, 5.74) is 7.15. The average Bonchev–Trinajstić information content (AvgIpc) is 2.30. The Morgan fingerprint density at radius 3 is 2.33 bits per heavy atom. The quantitative estimate of drug-likeness (QED) is 0.676. The second-order valence-corrected chi connectivity index (χ2v) is 5.01. The fourth-order valence-electron chi connectivity index (χ4n) is 2.66. The van der Waals surface area contributed by atoms with Crippen molar-refractivity contribution in [1.29, 1.82) is 0 Å². The van der Waals surface area contributed by atoms with Gasteiger partial charge in [0.05, 0.1) is 11.0 Å². The molecule has 1 aromatic heterocycles. The molecule has 0 radical (unpaired) electrons. The molecule has 5 nitrogen and oxygen atoms in total. The third-order valence-corrected chi connectivity index (χ3v) is 4.04. The molecule has 0 aliphatic heterocycles. The largest absolute Gasteiger partial charge is 0.330 e. The third kappa shape index (κ3) is 1.51. The molecule has 0 amide bonds. The number of nitrogens with one attached hydrogen (secondary N) is 2. The van der Waals surface area contributed by atoms with Gasteiger partial charge < -0.3 is 15.7 Å². The Labute approximate surface area is 103 Å². The minimum Gasteiger partial charge on any atom is -0.330 e. The van der Waals surface area contributed by atoms with Crippen LogP contribution >= 0.6 is 0 Å². The van der Waals surface area contributed by atoms with Gasteiger partial charge in [-0.05, 0) is 30.5 Å². The Hall–Kier alpha value is -1.88. The number of rotatable bonds is 2. The maximum atomic E-state index is 11.3. The Morgan fingerprint density at radius 1 is 1.11 bits per heavy atom. The van der Waals surface area contributed by atoms with Crippen molar-refractivity contribution in [2.24, 2.45) is 5.73 Å². The predicted octanol–water partition coefficient (Wildman–Crippen LogP) is 0.597. The number of nitrogens with two attached hydrogens (primary N) is 1. The second kappa shape index (κ2) is 3.81. The van der Waals surface area contributed by atoms with Crippen molar-refractivity contribution in [3.8, 4) is 0 Å². The van der Waals surface area contributed by atoms with Crippen LogP contribution in [0.25, 0.3) is 11.0 Å². The molecule has 1 saturated carbocycles. The normalized spacial score (nSPS) is 17.6. The molecule has 3 rings (SSSR count). The van der Waals surface area contributed by atoms with Crippen LogP contribution < -0.4 is 16.9 Å². The highest BCUT2D eigenvalue weighted by Crippen LogP contribution is 2.43. The van der Waals surface area contributed by atoms with Gasteiger partial charge in [0.15, 0.2) is 0 Å². The van der Waals surface area contributed by atoms with Gasteiger partial charge in [0, 0.05) is 12.0 Å². The third-order valence-electron chi connectivity index (χ3n) is 4.04. The van der Waals surface area contributed by atoms with Gasteiger partial charge in [-0.2, -0.15) is 0 Å². The fourth-order valence-corrected chi connectivity index (χ4v) is 2.66. The number of benzene rings is 1. The van der Waals surface area contributed by atoms with Crippen molar-refractivity contribution in [2.75, 3.05) is 6.54 Å². The minimum atomic E-state index is -0.618. The van der Waals surface area contributed by atoms with E-state index in [0.717, 1.165) is 18.4 Å². The van der Waals surface area contributed by atoms with Crippen molar-refractivity contribution in [3.63, 3.8) is 0 Å². The molecule has 5 heteroatoms. The molecule has 0 saturated heterocycles. The summed E-state index contributed by atoms with van der Waals surface area (Å²) in [6.07, 6.45) is 3.36. The van der Waals surface area contributed by atoms with E-state index in [1.807, 2.05) is 18.2 Å². The van der Waals surface area contributed by atoms with Crippen LogP contribution in [0.2, 0.25) is 0 Å². The molecule has 0 atom stereocenters. The molecule has 94 valence electrons. The van der Waals surface area contributed by atoms with Crippen LogP contribution in [0.15, 0.2) is 27.8 Å². The minimum absolute atomic E-state index is 0.0568. The van der Waals surface area contributed by atoms with E-state index >= 15 is 0 Å². The van der Waals surface area contributed by atoms with Gasteiger partial charge in [0.25, 0.3) is 0 Å². The van der Waals surface area contributed by atoms with E-state index in [0.29, 0.717) is 17.6 Å². The highest BCUT2D eigenvalue weighted by atomic mass is 16.2. The summed E-state index contributed by atoms with van der Waals surface area (Å²) in [7, 11) is 0. The van der Waals surface area contributed by atoms with Crippen LogP contribution in [0.3, 0.4) is 0 Å². The van der Waals surface area contributed by atoms with E-state index in [1.165, 1.54) is 6.42 Å². The predicted molar refractivity (Wildman–Crippen MR) is 69.8 cm³/mol. The Bertz CT molecular complexity index is 704. The summed E-state index contributed by atoms with van der Waals surface area (Å²) in [6, 6.07) is 5.75. The van der Waals surface area contributed by atoms with Crippen molar-refractivity contribution in [1.82, 2.24) is 9.97 Å². The van der Waals surface area contributed by atoms with Crippen LogP contribution in [0.1, 0.15) is 24.8 Å². The zero-order valence-corrected chi connectivity index (χ0v) is 9.95.